The Bertz CT molecular complexity index is 633. The number of ether oxygens (including phenoxy) is 1. The highest BCUT2D eigenvalue weighted by Gasteiger charge is 2.42. The van der Waals surface area contributed by atoms with Crippen molar-refractivity contribution >= 4 is 17.7 Å². The number of hydrogen-bond acceptors (Lipinski definition) is 5. The molecule has 2 heterocycles. The van der Waals surface area contributed by atoms with Crippen LogP contribution in [0.1, 0.15) is 32.6 Å². The lowest BCUT2D eigenvalue weighted by Crippen LogP contribution is -2.44. The van der Waals surface area contributed by atoms with Gasteiger partial charge in [0.25, 0.3) is 0 Å². The number of carbonyl (C=O) groups excluding carboxylic acids is 2. The monoisotopic (exact) mass is 374 g/mol. The highest BCUT2D eigenvalue weighted by molar-refractivity contribution is 5.94. The summed E-state index contributed by atoms with van der Waals surface area (Å²) in [7, 11) is 1.39. The third kappa shape index (κ3) is 4.59. The molecule has 0 radical (unpaired) electrons. The van der Waals surface area contributed by atoms with Crippen LogP contribution in [-0.4, -0.2) is 61.5 Å². The fourth-order valence-electron chi connectivity index (χ4n) is 3.96. The predicted octanol–water partition coefficient (Wildman–Crippen LogP) is 2.44. The topological polar surface area (TPSA) is 65.1 Å². The van der Waals surface area contributed by atoms with Crippen LogP contribution in [0.5, 0.6) is 0 Å². The van der Waals surface area contributed by atoms with Gasteiger partial charge in [0.1, 0.15) is 6.17 Å². The molecule has 1 aromatic rings. The van der Waals surface area contributed by atoms with Crippen LogP contribution < -0.4 is 10.2 Å². The first kappa shape index (κ1) is 19.6. The molecule has 1 N–H and O–H groups in total. The number of nitrogens with zero attached hydrogens (tertiary/aromatic N) is 3. The molecule has 2 aliphatic rings. The van der Waals surface area contributed by atoms with Gasteiger partial charge >= 0.3 is 12.0 Å². The van der Waals surface area contributed by atoms with Crippen LogP contribution in [0, 0.1) is 5.92 Å². The fraction of sp³-hybridized carbons (Fsp3) is 0.600. The third-order valence-electron chi connectivity index (χ3n) is 5.56. The van der Waals surface area contributed by atoms with E-state index in [2.05, 4.69) is 5.32 Å². The first-order chi connectivity index (χ1) is 13.1. The van der Waals surface area contributed by atoms with Crippen LogP contribution in [0.25, 0.3) is 0 Å². The molecule has 2 fully saturated rings. The molecule has 1 aromatic carbocycles. The lowest BCUT2D eigenvalue weighted by molar-refractivity contribution is -0.141. The minimum Gasteiger partial charge on any atom is -0.469 e. The number of benzene rings is 1. The Morgan fingerprint density at radius 3 is 2.56 bits per heavy atom. The molecule has 3 rings (SSSR count). The second-order valence-electron chi connectivity index (χ2n) is 7.21. The molecule has 7 nitrogen and oxygen atoms in total. The van der Waals surface area contributed by atoms with Crippen LogP contribution in [0.15, 0.2) is 30.3 Å². The minimum absolute atomic E-state index is 0.0208. The summed E-state index contributed by atoms with van der Waals surface area (Å²) in [6, 6.07) is 9.69. The maximum Gasteiger partial charge on any atom is 0.340 e. The first-order valence-electron chi connectivity index (χ1n) is 9.81. The number of anilines is 1. The highest BCUT2D eigenvalue weighted by atomic mass is 16.5. The van der Waals surface area contributed by atoms with Gasteiger partial charge in [-0.2, -0.15) is 5.01 Å². The van der Waals surface area contributed by atoms with Gasteiger partial charge in [0.15, 0.2) is 0 Å². The number of methoxy groups -OCH3 is 1. The lowest BCUT2D eigenvalue weighted by Gasteiger charge is -2.31. The molecular formula is C20H30N4O3. The van der Waals surface area contributed by atoms with Gasteiger partial charge in [-0.3, -0.25) is 14.7 Å². The lowest BCUT2D eigenvalue weighted by atomic mass is 9.95. The molecule has 0 bridgehead atoms. The molecule has 0 aromatic heterocycles. The Morgan fingerprint density at radius 2 is 1.89 bits per heavy atom. The zero-order chi connectivity index (χ0) is 19.2. The van der Waals surface area contributed by atoms with E-state index in [9.17, 15) is 9.59 Å². The third-order valence-corrected chi connectivity index (χ3v) is 5.56. The van der Waals surface area contributed by atoms with E-state index in [4.69, 9.17) is 4.74 Å². The van der Waals surface area contributed by atoms with E-state index in [0.717, 1.165) is 38.0 Å². The first-order valence-corrected chi connectivity index (χ1v) is 9.81. The molecular weight excluding hydrogens is 344 g/mol. The normalized spacial score (nSPS) is 21.7. The second-order valence-corrected chi connectivity index (χ2v) is 7.21. The van der Waals surface area contributed by atoms with Gasteiger partial charge in [-0.15, -0.1) is 0 Å². The van der Waals surface area contributed by atoms with Crippen molar-refractivity contribution in [1.29, 1.82) is 0 Å². The molecule has 7 heteroatoms. The van der Waals surface area contributed by atoms with E-state index in [-0.39, 0.29) is 24.6 Å². The Balaban J connectivity index is 1.73. The maximum absolute atomic E-state index is 13.2. The number of urea groups is 1. The molecule has 27 heavy (non-hydrogen) atoms. The highest BCUT2D eigenvalue weighted by Crippen LogP contribution is 2.29. The van der Waals surface area contributed by atoms with Gasteiger partial charge in [-0.1, -0.05) is 18.2 Å². The summed E-state index contributed by atoms with van der Waals surface area (Å²) in [6.07, 6.45) is 3.42. The number of piperidine rings is 1. The Morgan fingerprint density at radius 1 is 1.19 bits per heavy atom. The number of esters is 1. The Labute approximate surface area is 161 Å². The van der Waals surface area contributed by atoms with Crippen LogP contribution in [0.2, 0.25) is 0 Å². The molecule has 2 aliphatic heterocycles. The van der Waals surface area contributed by atoms with E-state index >= 15 is 0 Å². The maximum atomic E-state index is 13.2. The summed E-state index contributed by atoms with van der Waals surface area (Å²) < 4.78 is 4.78. The van der Waals surface area contributed by atoms with Crippen LogP contribution in [-0.2, 0) is 9.53 Å². The molecule has 2 amide bonds. The van der Waals surface area contributed by atoms with E-state index in [1.54, 1.807) is 4.90 Å². The SMILES string of the molecule is COC(=O)CCN1C(C)N(c2ccccc2)C(=O)N1CCC1CCNCC1. The second kappa shape index (κ2) is 9.19. The van der Waals surface area contributed by atoms with Gasteiger partial charge in [0.2, 0.25) is 0 Å². The number of carbonyl (C=O) groups is 2. The number of rotatable bonds is 7. The van der Waals surface area contributed by atoms with Crippen molar-refractivity contribution in [3.8, 4) is 0 Å². The number of para-hydroxylation sites is 1. The van der Waals surface area contributed by atoms with Gasteiger partial charge in [-0.05, 0) is 57.3 Å². The fourth-order valence-corrected chi connectivity index (χ4v) is 3.96. The smallest absolute Gasteiger partial charge is 0.340 e. The average Bonchev–Trinajstić information content (AvgIpc) is 2.95. The molecule has 1 atom stereocenters. The Hall–Kier alpha value is -2.12. The van der Waals surface area contributed by atoms with Crippen molar-refractivity contribution in [2.75, 3.05) is 38.2 Å². The van der Waals surface area contributed by atoms with E-state index in [1.807, 2.05) is 47.3 Å². The van der Waals surface area contributed by atoms with Gasteiger partial charge < -0.3 is 10.1 Å². The van der Waals surface area contributed by atoms with Crippen molar-refractivity contribution in [3.63, 3.8) is 0 Å². The van der Waals surface area contributed by atoms with Gasteiger partial charge in [0, 0.05) is 18.8 Å². The van der Waals surface area contributed by atoms with Crippen LogP contribution >= 0.6 is 0 Å². The van der Waals surface area contributed by atoms with Crippen molar-refractivity contribution in [3.05, 3.63) is 30.3 Å². The van der Waals surface area contributed by atoms with Gasteiger partial charge in [0.05, 0.1) is 13.5 Å². The molecule has 0 saturated carbocycles. The zero-order valence-electron chi connectivity index (χ0n) is 16.3. The minimum atomic E-state index is -0.258. The van der Waals surface area contributed by atoms with E-state index < -0.39 is 0 Å². The number of amides is 2. The Kier molecular flexibility index (Phi) is 6.68. The van der Waals surface area contributed by atoms with E-state index in [0.29, 0.717) is 19.0 Å². The average molecular weight is 374 g/mol. The summed E-state index contributed by atoms with van der Waals surface area (Å²) in [5, 5.41) is 7.21. The van der Waals surface area contributed by atoms with Crippen molar-refractivity contribution in [2.45, 2.75) is 38.8 Å². The molecule has 2 saturated heterocycles. The standard InChI is InChI=1S/C20H30N4O3/c1-16-22(15-11-19(25)27-2)23(14-10-17-8-12-21-13-9-17)20(26)24(16)18-6-4-3-5-7-18/h3-7,16-17,21H,8-15H2,1-2H3. The summed E-state index contributed by atoms with van der Waals surface area (Å²) in [6.45, 7) is 5.26. The number of hydrogen-bond donors (Lipinski definition) is 1. The molecule has 0 spiro atoms. The van der Waals surface area contributed by atoms with Crippen LogP contribution in [0.4, 0.5) is 10.5 Å². The van der Waals surface area contributed by atoms with Crippen LogP contribution in [0.3, 0.4) is 0 Å². The summed E-state index contributed by atoms with van der Waals surface area (Å²) in [4.78, 5) is 26.6. The molecule has 148 valence electrons. The van der Waals surface area contributed by atoms with E-state index in [1.165, 1.54) is 7.11 Å². The van der Waals surface area contributed by atoms with Crippen molar-refractivity contribution < 1.29 is 14.3 Å². The number of nitrogens with one attached hydrogen (secondary N) is 1. The largest absolute Gasteiger partial charge is 0.469 e. The predicted molar refractivity (Wildman–Crippen MR) is 104 cm³/mol. The quantitative estimate of drug-likeness (QED) is 0.743. The molecule has 0 aliphatic carbocycles. The van der Waals surface area contributed by atoms with Gasteiger partial charge in [-0.25, -0.2) is 4.79 Å². The molecule has 1 unspecified atom stereocenters. The summed E-state index contributed by atoms with van der Waals surface area (Å²) >= 11 is 0. The van der Waals surface area contributed by atoms with Crippen molar-refractivity contribution in [2.24, 2.45) is 5.92 Å². The zero-order valence-corrected chi connectivity index (χ0v) is 16.3. The van der Waals surface area contributed by atoms with Crippen molar-refractivity contribution in [1.82, 2.24) is 15.3 Å². The summed E-state index contributed by atoms with van der Waals surface area (Å²) in [5.74, 6) is 0.383. The number of hydrazine groups is 1. The summed E-state index contributed by atoms with van der Waals surface area (Å²) in [5.41, 5.74) is 0.877.